The molecule has 0 aliphatic carbocycles. The van der Waals surface area contributed by atoms with Crippen molar-refractivity contribution in [3.63, 3.8) is 0 Å². The lowest BCUT2D eigenvalue weighted by molar-refractivity contribution is -0.116. The van der Waals surface area contributed by atoms with Gasteiger partial charge in [-0.05, 0) is 36.8 Å². The summed E-state index contributed by atoms with van der Waals surface area (Å²) in [6, 6.07) is 11.4. The number of hydrogen-bond donors (Lipinski definition) is 1. The number of fused-ring (bicyclic) bond motifs is 1. The number of sulfone groups is 1. The fourth-order valence-electron chi connectivity index (χ4n) is 2.75. The summed E-state index contributed by atoms with van der Waals surface area (Å²) in [6.07, 6.45) is 2.60. The largest absolute Gasteiger partial charge is 0.326 e. The first-order valence-electron chi connectivity index (χ1n) is 8.30. The van der Waals surface area contributed by atoms with Crippen LogP contribution in [0.2, 0.25) is 0 Å². The van der Waals surface area contributed by atoms with Crippen LogP contribution in [0.15, 0.2) is 58.5 Å². The summed E-state index contributed by atoms with van der Waals surface area (Å²) in [7, 11) is -3.35. The Hall–Kier alpha value is -3.00. The molecular weight excluding hydrogens is 366 g/mol. The zero-order valence-electron chi connectivity index (χ0n) is 15.0. The molecule has 2 aromatic carbocycles. The van der Waals surface area contributed by atoms with Crippen LogP contribution in [-0.4, -0.2) is 30.1 Å². The van der Waals surface area contributed by atoms with Crippen molar-refractivity contribution in [2.24, 2.45) is 0 Å². The monoisotopic (exact) mass is 385 g/mol. The quantitative estimate of drug-likeness (QED) is 0.726. The second-order valence-electron chi connectivity index (χ2n) is 6.31. The van der Waals surface area contributed by atoms with E-state index in [1.54, 1.807) is 24.3 Å². The highest BCUT2D eigenvalue weighted by Crippen LogP contribution is 2.15. The van der Waals surface area contributed by atoms with E-state index < -0.39 is 9.84 Å². The summed E-state index contributed by atoms with van der Waals surface area (Å²) in [5, 5.41) is 3.16. The Labute approximate surface area is 156 Å². The number of rotatable bonds is 5. The van der Waals surface area contributed by atoms with Gasteiger partial charge in [0.05, 0.1) is 22.1 Å². The van der Waals surface area contributed by atoms with Gasteiger partial charge in [0, 0.05) is 24.9 Å². The molecule has 1 heterocycles. The predicted octanol–water partition coefficient (Wildman–Crippen LogP) is 2.14. The van der Waals surface area contributed by atoms with Crippen molar-refractivity contribution in [1.29, 1.82) is 0 Å². The standard InChI is InChI=1S/C19H19N3O4S/c1-13-5-3-8-16-18(13)20-12-22(19(16)24)10-9-17(23)21-14-6-4-7-15(11-14)27(2,25)26/h3-8,11-12H,9-10H2,1-2H3,(H,21,23). The van der Waals surface area contributed by atoms with E-state index in [1.807, 2.05) is 13.0 Å². The molecule has 27 heavy (non-hydrogen) atoms. The summed E-state index contributed by atoms with van der Waals surface area (Å²) in [4.78, 5) is 29.1. The zero-order valence-corrected chi connectivity index (χ0v) is 15.8. The normalized spacial score (nSPS) is 11.5. The van der Waals surface area contributed by atoms with Crippen LogP contribution in [-0.2, 0) is 21.2 Å². The number of anilines is 1. The molecule has 140 valence electrons. The second-order valence-corrected chi connectivity index (χ2v) is 8.33. The Morgan fingerprint density at radius 2 is 1.93 bits per heavy atom. The van der Waals surface area contributed by atoms with E-state index in [1.165, 1.54) is 23.0 Å². The minimum absolute atomic E-state index is 0.0576. The molecular formula is C19H19N3O4S. The number of aromatic nitrogens is 2. The van der Waals surface area contributed by atoms with Crippen LogP contribution >= 0.6 is 0 Å². The summed E-state index contributed by atoms with van der Waals surface area (Å²) < 4.78 is 24.6. The highest BCUT2D eigenvalue weighted by Gasteiger charge is 2.10. The number of para-hydroxylation sites is 1. The number of carbonyl (C=O) groups is 1. The third kappa shape index (κ3) is 4.22. The maximum atomic E-state index is 12.5. The Kier molecular flexibility index (Phi) is 5.09. The number of nitrogens with one attached hydrogen (secondary N) is 1. The highest BCUT2D eigenvalue weighted by molar-refractivity contribution is 7.90. The van der Waals surface area contributed by atoms with E-state index in [4.69, 9.17) is 0 Å². The molecule has 1 aromatic heterocycles. The molecule has 0 radical (unpaired) electrons. The molecule has 0 atom stereocenters. The average molecular weight is 385 g/mol. The molecule has 0 saturated heterocycles. The van der Waals surface area contributed by atoms with Gasteiger partial charge in [-0.25, -0.2) is 13.4 Å². The second kappa shape index (κ2) is 7.32. The van der Waals surface area contributed by atoms with Crippen molar-refractivity contribution in [3.05, 3.63) is 64.7 Å². The molecule has 8 heteroatoms. The molecule has 0 spiro atoms. The maximum absolute atomic E-state index is 12.5. The lowest BCUT2D eigenvalue weighted by atomic mass is 10.1. The first kappa shape index (κ1) is 18.8. The topological polar surface area (TPSA) is 98.1 Å². The van der Waals surface area contributed by atoms with E-state index in [0.29, 0.717) is 16.6 Å². The Bertz CT molecular complexity index is 1180. The van der Waals surface area contributed by atoms with Crippen molar-refractivity contribution in [1.82, 2.24) is 9.55 Å². The molecule has 0 unspecified atom stereocenters. The van der Waals surface area contributed by atoms with Gasteiger partial charge >= 0.3 is 0 Å². The van der Waals surface area contributed by atoms with E-state index in [2.05, 4.69) is 10.3 Å². The molecule has 0 aliphatic rings. The van der Waals surface area contributed by atoms with Gasteiger partial charge in [-0.3, -0.25) is 14.2 Å². The van der Waals surface area contributed by atoms with Crippen molar-refractivity contribution >= 4 is 32.3 Å². The van der Waals surface area contributed by atoms with Gasteiger partial charge in [-0.2, -0.15) is 0 Å². The molecule has 0 saturated carbocycles. The van der Waals surface area contributed by atoms with Crippen molar-refractivity contribution in [2.45, 2.75) is 24.8 Å². The summed E-state index contributed by atoms with van der Waals surface area (Å²) in [6.45, 7) is 2.06. The van der Waals surface area contributed by atoms with Crippen LogP contribution in [0.25, 0.3) is 10.9 Å². The van der Waals surface area contributed by atoms with Gasteiger partial charge in [0.25, 0.3) is 5.56 Å². The Morgan fingerprint density at radius 1 is 1.19 bits per heavy atom. The van der Waals surface area contributed by atoms with Gasteiger partial charge in [0.15, 0.2) is 9.84 Å². The Balaban J connectivity index is 1.72. The van der Waals surface area contributed by atoms with Crippen LogP contribution < -0.4 is 10.9 Å². The fourth-order valence-corrected chi connectivity index (χ4v) is 3.41. The van der Waals surface area contributed by atoms with Crippen LogP contribution in [0.3, 0.4) is 0 Å². The molecule has 3 rings (SSSR count). The SMILES string of the molecule is Cc1cccc2c(=O)n(CCC(=O)Nc3cccc(S(C)(=O)=O)c3)cnc12. The highest BCUT2D eigenvalue weighted by atomic mass is 32.2. The van der Waals surface area contributed by atoms with E-state index in [9.17, 15) is 18.0 Å². The van der Waals surface area contributed by atoms with Crippen LogP contribution in [0.4, 0.5) is 5.69 Å². The predicted molar refractivity (Wildman–Crippen MR) is 104 cm³/mol. The number of carbonyl (C=O) groups excluding carboxylic acids is 1. The number of aryl methyl sites for hydroxylation is 2. The van der Waals surface area contributed by atoms with Gasteiger partial charge in [-0.15, -0.1) is 0 Å². The van der Waals surface area contributed by atoms with Gasteiger partial charge in [-0.1, -0.05) is 18.2 Å². The molecule has 0 aliphatic heterocycles. The Morgan fingerprint density at radius 3 is 2.67 bits per heavy atom. The van der Waals surface area contributed by atoms with Gasteiger partial charge in [0.1, 0.15) is 0 Å². The summed E-state index contributed by atoms with van der Waals surface area (Å²) in [5.74, 6) is -0.322. The first-order valence-corrected chi connectivity index (χ1v) is 10.2. The molecule has 1 N–H and O–H groups in total. The van der Waals surface area contributed by atoms with E-state index in [-0.39, 0.29) is 29.3 Å². The molecule has 0 bridgehead atoms. The fraction of sp³-hybridized carbons (Fsp3) is 0.211. The minimum atomic E-state index is -3.35. The van der Waals surface area contributed by atoms with Crippen molar-refractivity contribution in [2.75, 3.05) is 11.6 Å². The van der Waals surface area contributed by atoms with Crippen LogP contribution in [0, 0.1) is 6.92 Å². The number of nitrogens with zero attached hydrogens (tertiary/aromatic N) is 2. The van der Waals surface area contributed by atoms with Crippen molar-refractivity contribution < 1.29 is 13.2 Å². The lowest BCUT2D eigenvalue weighted by Gasteiger charge is -2.09. The van der Waals surface area contributed by atoms with Crippen molar-refractivity contribution in [3.8, 4) is 0 Å². The maximum Gasteiger partial charge on any atom is 0.261 e. The third-order valence-corrected chi connectivity index (χ3v) is 5.29. The van der Waals surface area contributed by atoms with E-state index >= 15 is 0 Å². The first-order chi connectivity index (χ1) is 12.8. The van der Waals surface area contributed by atoms with Crippen LogP contribution in [0.5, 0.6) is 0 Å². The minimum Gasteiger partial charge on any atom is -0.326 e. The average Bonchev–Trinajstić information content (AvgIpc) is 2.61. The lowest BCUT2D eigenvalue weighted by Crippen LogP contribution is -2.23. The molecule has 3 aromatic rings. The van der Waals surface area contributed by atoms with Gasteiger partial charge in [0.2, 0.25) is 5.91 Å². The number of amides is 1. The smallest absolute Gasteiger partial charge is 0.261 e. The van der Waals surface area contributed by atoms with Crippen LogP contribution in [0.1, 0.15) is 12.0 Å². The summed E-state index contributed by atoms with van der Waals surface area (Å²) >= 11 is 0. The molecule has 1 amide bonds. The number of benzene rings is 2. The molecule has 7 nitrogen and oxygen atoms in total. The zero-order chi connectivity index (χ0) is 19.6. The van der Waals surface area contributed by atoms with E-state index in [0.717, 1.165) is 11.8 Å². The number of hydrogen-bond acceptors (Lipinski definition) is 5. The summed E-state index contributed by atoms with van der Waals surface area (Å²) in [5.41, 5.74) is 1.76. The third-order valence-electron chi connectivity index (χ3n) is 4.18. The molecule has 0 fully saturated rings. The van der Waals surface area contributed by atoms with Gasteiger partial charge < -0.3 is 5.32 Å².